The summed E-state index contributed by atoms with van der Waals surface area (Å²) in [6, 6.07) is 10.9. The minimum absolute atomic E-state index is 0.171. The van der Waals surface area contributed by atoms with E-state index in [2.05, 4.69) is 5.32 Å². The summed E-state index contributed by atoms with van der Waals surface area (Å²) in [6.07, 6.45) is -3.15. The first-order chi connectivity index (χ1) is 14.1. The van der Waals surface area contributed by atoms with Crippen LogP contribution in [0.1, 0.15) is 47.3 Å². The number of benzene rings is 2. The highest BCUT2D eigenvalue weighted by Crippen LogP contribution is 2.31. The summed E-state index contributed by atoms with van der Waals surface area (Å²) in [5, 5.41) is 3.32. The molecule has 0 bridgehead atoms. The van der Waals surface area contributed by atoms with Gasteiger partial charge in [0.05, 0.1) is 17.5 Å². The Morgan fingerprint density at radius 2 is 1.87 bits per heavy atom. The van der Waals surface area contributed by atoms with E-state index >= 15 is 0 Å². The lowest BCUT2D eigenvalue weighted by Crippen LogP contribution is -2.45. The van der Waals surface area contributed by atoms with Crippen LogP contribution >= 0.6 is 11.6 Å². The zero-order valence-electron chi connectivity index (χ0n) is 16.4. The van der Waals surface area contributed by atoms with Gasteiger partial charge in [0.15, 0.2) is 0 Å². The van der Waals surface area contributed by atoms with Crippen molar-refractivity contribution in [3.63, 3.8) is 0 Å². The third kappa shape index (κ3) is 5.33. The molecule has 1 fully saturated rings. The number of nitrogens with one attached hydrogen (secondary N) is 1. The summed E-state index contributed by atoms with van der Waals surface area (Å²) in [5.41, 5.74) is 0.124. The van der Waals surface area contributed by atoms with Gasteiger partial charge in [0.1, 0.15) is 0 Å². The molecule has 0 saturated carbocycles. The molecule has 3 rings (SSSR count). The number of amides is 2. The Kier molecular flexibility index (Phi) is 6.71. The number of hydrogen-bond donors (Lipinski definition) is 1. The molecule has 0 aliphatic carbocycles. The first-order valence-electron chi connectivity index (χ1n) is 9.67. The number of carbonyl (C=O) groups excluding carboxylic acids is 2. The molecule has 30 heavy (non-hydrogen) atoms. The molecule has 2 aromatic rings. The van der Waals surface area contributed by atoms with E-state index < -0.39 is 23.7 Å². The summed E-state index contributed by atoms with van der Waals surface area (Å²) in [7, 11) is 0. The zero-order chi connectivity index (χ0) is 21.9. The van der Waals surface area contributed by atoms with E-state index in [4.69, 9.17) is 11.6 Å². The quantitative estimate of drug-likeness (QED) is 0.723. The third-order valence-electron chi connectivity index (χ3n) is 5.24. The Hall–Kier alpha value is -2.54. The molecular formula is C22H22ClF3N2O2. The summed E-state index contributed by atoms with van der Waals surface area (Å²) >= 11 is 5.86. The number of likely N-dealkylation sites (tertiary alicyclic amines) is 1. The largest absolute Gasteiger partial charge is 0.416 e. The van der Waals surface area contributed by atoms with Crippen LogP contribution in [-0.4, -0.2) is 29.8 Å². The van der Waals surface area contributed by atoms with Crippen molar-refractivity contribution in [1.29, 1.82) is 0 Å². The highest BCUT2D eigenvalue weighted by atomic mass is 35.5. The van der Waals surface area contributed by atoms with E-state index in [9.17, 15) is 22.8 Å². The number of nitrogens with zero attached hydrogens (tertiary/aromatic N) is 1. The van der Waals surface area contributed by atoms with Gasteiger partial charge in [0.2, 0.25) is 5.91 Å². The van der Waals surface area contributed by atoms with E-state index in [-0.39, 0.29) is 18.4 Å². The molecular weight excluding hydrogens is 417 g/mol. The first-order valence-corrected chi connectivity index (χ1v) is 10.1. The predicted molar refractivity (Wildman–Crippen MR) is 108 cm³/mol. The van der Waals surface area contributed by atoms with Gasteiger partial charge in [-0.2, -0.15) is 13.2 Å². The number of piperidine rings is 1. The van der Waals surface area contributed by atoms with Crippen LogP contribution in [0.4, 0.5) is 13.2 Å². The number of hydrogen-bond acceptors (Lipinski definition) is 2. The topological polar surface area (TPSA) is 49.4 Å². The average Bonchev–Trinajstić information content (AvgIpc) is 2.73. The third-order valence-corrected chi connectivity index (χ3v) is 5.50. The fraction of sp³-hybridized carbons (Fsp3) is 0.364. The lowest BCUT2D eigenvalue weighted by atomic mass is 9.95. The lowest BCUT2D eigenvalue weighted by molar-refractivity contribution is -0.137. The molecule has 0 unspecified atom stereocenters. The van der Waals surface area contributed by atoms with Crippen LogP contribution in [0, 0.1) is 5.92 Å². The second-order valence-corrected chi connectivity index (χ2v) is 7.89. The molecule has 2 amide bonds. The summed E-state index contributed by atoms with van der Waals surface area (Å²) in [4.78, 5) is 27.1. The van der Waals surface area contributed by atoms with Gasteiger partial charge < -0.3 is 10.2 Å². The Balaban J connectivity index is 1.64. The maximum absolute atomic E-state index is 12.9. The smallest absolute Gasteiger partial charge is 0.349 e. The standard InChI is InChI=1S/C22H22ClF3N2O2/c1-14(16-4-2-6-18(12-16)22(24,25)26)27-20(29)17-5-3-11-28(13-17)21(30)15-7-9-19(23)10-8-15/h2,4,6-10,12,14,17H,3,5,11,13H2,1H3,(H,27,29)/t14-,17-/m1/s1. The molecule has 4 nitrogen and oxygen atoms in total. The molecule has 1 aliphatic rings. The average molecular weight is 439 g/mol. The Bertz CT molecular complexity index is 915. The van der Waals surface area contributed by atoms with Crippen molar-refractivity contribution in [2.45, 2.75) is 32.0 Å². The molecule has 2 aromatic carbocycles. The van der Waals surface area contributed by atoms with Gasteiger partial charge in [-0.15, -0.1) is 0 Å². The monoisotopic (exact) mass is 438 g/mol. The van der Waals surface area contributed by atoms with Gasteiger partial charge in [0, 0.05) is 23.7 Å². The molecule has 8 heteroatoms. The predicted octanol–water partition coefficient (Wildman–Crippen LogP) is 5.09. The maximum atomic E-state index is 12.9. The number of halogens is 4. The van der Waals surface area contributed by atoms with E-state index in [0.717, 1.165) is 12.1 Å². The normalized spacial score (nSPS) is 18.0. The fourth-order valence-corrected chi connectivity index (χ4v) is 3.68. The van der Waals surface area contributed by atoms with Gasteiger partial charge in [-0.3, -0.25) is 9.59 Å². The van der Waals surface area contributed by atoms with Crippen LogP contribution < -0.4 is 5.32 Å². The molecule has 2 atom stereocenters. The highest BCUT2D eigenvalue weighted by molar-refractivity contribution is 6.30. The zero-order valence-corrected chi connectivity index (χ0v) is 17.1. The van der Waals surface area contributed by atoms with Crippen molar-refractivity contribution in [1.82, 2.24) is 10.2 Å². The summed E-state index contributed by atoms with van der Waals surface area (Å²) in [6.45, 7) is 2.46. The second kappa shape index (κ2) is 9.08. The molecule has 1 aliphatic heterocycles. The molecule has 160 valence electrons. The summed E-state index contributed by atoms with van der Waals surface area (Å²) in [5.74, 6) is -0.855. The number of carbonyl (C=O) groups is 2. The van der Waals surface area contributed by atoms with E-state index in [0.29, 0.717) is 35.5 Å². The number of rotatable bonds is 4. The number of alkyl halides is 3. The van der Waals surface area contributed by atoms with Crippen LogP contribution in [-0.2, 0) is 11.0 Å². The van der Waals surface area contributed by atoms with Gasteiger partial charge >= 0.3 is 6.18 Å². The molecule has 0 spiro atoms. The molecule has 1 N–H and O–H groups in total. The van der Waals surface area contributed by atoms with Crippen LogP contribution in [0.3, 0.4) is 0 Å². The van der Waals surface area contributed by atoms with Crippen molar-refractivity contribution in [2.24, 2.45) is 5.92 Å². The highest BCUT2D eigenvalue weighted by Gasteiger charge is 2.32. The van der Waals surface area contributed by atoms with Crippen molar-refractivity contribution in [2.75, 3.05) is 13.1 Å². The molecule has 1 heterocycles. The Morgan fingerprint density at radius 3 is 2.53 bits per heavy atom. The van der Waals surface area contributed by atoms with Crippen LogP contribution in [0.5, 0.6) is 0 Å². The summed E-state index contributed by atoms with van der Waals surface area (Å²) < 4.78 is 38.8. The van der Waals surface area contributed by atoms with E-state index in [1.54, 1.807) is 42.2 Å². The van der Waals surface area contributed by atoms with Crippen LogP contribution in [0.2, 0.25) is 5.02 Å². The van der Waals surface area contributed by atoms with Crippen molar-refractivity contribution < 1.29 is 22.8 Å². The van der Waals surface area contributed by atoms with Gasteiger partial charge in [-0.25, -0.2) is 0 Å². The van der Waals surface area contributed by atoms with Crippen LogP contribution in [0.25, 0.3) is 0 Å². The van der Waals surface area contributed by atoms with Crippen LogP contribution in [0.15, 0.2) is 48.5 Å². The minimum Gasteiger partial charge on any atom is -0.349 e. The molecule has 0 radical (unpaired) electrons. The van der Waals surface area contributed by atoms with Gasteiger partial charge in [0.25, 0.3) is 5.91 Å². The lowest BCUT2D eigenvalue weighted by Gasteiger charge is -2.32. The minimum atomic E-state index is -4.44. The fourth-order valence-electron chi connectivity index (χ4n) is 3.55. The van der Waals surface area contributed by atoms with E-state index in [1.807, 2.05) is 0 Å². The van der Waals surface area contributed by atoms with Crippen molar-refractivity contribution >= 4 is 23.4 Å². The SMILES string of the molecule is C[C@@H](NC(=O)[C@@H]1CCCN(C(=O)c2ccc(Cl)cc2)C1)c1cccc(C(F)(F)F)c1. The van der Waals surface area contributed by atoms with Gasteiger partial charge in [-0.05, 0) is 61.7 Å². The van der Waals surface area contributed by atoms with Crippen molar-refractivity contribution in [3.05, 3.63) is 70.2 Å². The second-order valence-electron chi connectivity index (χ2n) is 7.45. The maximum Gasteiger partial charge on any atom is 0.416 e. The Labute approximate surface area is 178 Å². The van der Waals surface area contributed by atoms with E-state index in [1.165, 1.54) is 6.07 Å². The van der Waals surface area contributed by atoms with Crippen molar-refractivity contribution in [3.8, 4) is 0 Å². The molecule has 0 aromatic heterocycles. The van der Waals surface area contributed by atoms with Gasteiger partial charge in [-0.1, -0.05) is 23.7 Å². The molecule has 1 saturated heterocycles. The first kappa shape index (κ1) is 22.2. The Morgan fingerprint density at radius 1 is 1.17 bits per heavy atom.